The van der Waals surface area contributed by atoms with Gasteiger partial charge in [0.05, 0.1) is 6.20 Å². The van der Waals surface area contributed by atoms with Crippen LogP contribution in [-0.2, 0) is 11.2 Å². The van der Waals surface area contributed by atoms with E-state index in [-0.39, 0.29) is 5.22 Å². The van der Waals surface area contributed by atoms with Gasteiger partial charge in [0.15, 0.2) is 0 Å². The van der Waals surface area contributed by atoms with Crippen LogP contribution < -0.4 is 0 Å². The number of fused-ring (bicyclic) bond motifs is 1. The van der Waals surface area contributed by atoms with E-state index in [1.807, 2.05) is 22.7 Å². The summed E-state index contributed by atoms with van der Waals surface area (Å²) in [5.74, 6) is 0.297. The number of hydrogen-bond acceptors (Lipinski definition) is 5. The zero-order valence-electron chi connectivity index (χ0n) is 9.20. The van der Waals surface area contributed by atoms with Crippen molar-refractivity contribution in [3.8, 4) is 11.6 Å². The van der Waals surface area contributed by atoms with Crippen molar-refractivity contribution < 1.29 is 8.97 Å². The van der Waals surface area contributed by atoms with E-state index in [0.717, 1.165) is 10.1 Å². The molecule has 3 heterocycles. The van der Waals surface area contributed by atoms with Gasteiger partial charge >= 0.3 is 5.22 Å². The minimum Gasteiger partial charge on any atom is -0.608 e. The molecule has 0 radical (unpaired) electrons. The van der Waals surface area contributed by atoms with Crippen LogP contribution in [0, 0.1) is 0 Å². The fraction of sp³-hybridized carbons (Fsp3) is 0.100. The van der Waals surface area contributed by atoms with Crippen LogP contribution in [0.5, 0.6) is 0 Å². The summed E-state index contributed by atoms with van der Waals surface area (Å²) in [5, 5.41) is 7.71. The maximum absolute atomic E-state index is 11.2. The lowest BCUT2D eigenvalue weighted by Gasteiger charge is -1.98. The lowest BCUT2D eigenvalue weighted by molar-refractivity contribution is 0.440. The predicted molar refractivity (Wildman–Crippen MR) is 68.5 cm³/mol. The molecule has 0 aliphatic carbocycles. The Morgan fingerprint density at radius 2 is 2.22 bits per heavy atom. The summed E-state index contributed by atoms with van der Waals surface area (Å²) in [4.78, 5) is 4.23. The molecule has 0 aromatic carbocycles. The predicted octanol–water partition coefficient (Wildman–Crippen LogP) is 1.88. The zero-order valence-corrected chi connectivity index (χ0v) is 11.6. The molecule has 0 fully saturated rings. The van der Waals surface area contributed by atoms with E-state index in [0.29, 0.717) is 11.6 Å². The number of pyridine rings is 1. The summed E-state index contributed by atoms with van der Waals surface area (Å²) in [5.41, 5.74) is 1.43. The molecule has 92 valence electrons. The monoisotopic (exact) mass is 326 g/mol. The first-order valence-corrected chi connectivity index (χ1v) is 7.30. The number of aromatic nitrogens is 4. The maximum Gasteiger partial charge on any atom is 0.435 e. The maximum atomic E-state index is 11.2. The van der Waals surface area contributed by atoms with Gasteiger partial charge in [0.2, 0.25) is 0 Å². The van der Waals surface area contributed by atoms with Crippen molar-refractivity contribution in [2.24, 2.45) is 0 Å². The molecule has 0 amide bonds. The molecule has 3 aromatic heterocycles. The van der Waals surface area contributed by atoms with E-state index >= 15 is 0 Å². The topological polar surface area (TPSA) is 79.3 Å². The molecule has 0 bridgehead atoms. The van der Waals surface area contributed by atoms with Crippen molar-refractivity contribution in [2.75, 3.05) is 6.26 Å². The smallest absolute Gasteiger partial charge is 0.435 e. The molecule has 1 unspecified atom stereocenters. The highest BCUT2D eigenvalue weighted by Crippen LogP contribution is 2.22. The second-order valence-electron chi connectivity index (χ2n) is 3.55. The van der Waals surface area contributed by atoms with Crippen LogP contribution in [0.4, 0.5) is 0 Å². The van der Waals surface area contributed by atoms with Gasteiger partial charge in [-0.05, 0) is 28.1 Å². The fourth-order valence-corrected chi connectivity index (χ4v) is 2.23. The molecule has 3 aromatic rings. The first-order valence-electron chi connectivity index (χ1n) is 4.95. The molecule has 3 rings (SSSR count). The normalized spacial score (nSPS) is 13.1. The van der Waals surface area contributed by atoms with E-state index in [2.05, 4.69) is 31.1 Å². The van der Waals surface area contributed by atoms with Gasteiger partial charge in [0.1, 0.15) is 17.6 Å². The first kappa shape index (κ1) is 11.7. The van der Waals surface area contributed by atoms with Gasteiger partial charge in [-0.25, -0.2) is 4.98 Å². The molecule has 18 heavy (non-hydrogen) atoms. The average molecular weight is 327 g/mol. The van der Waals surface area contributed by atoms with E-state index in [1.165, 1.54) is 6.26 Å². The van der Waals surface area contributed by atoms with Crippen molar-refractivity contribution in [3.63, 3.8) is 0 Å². The van der Waals surface area contributed by atoms with Crippen molar-refractivity contribution in [2.45, 2.75) is 5.22 Å². The van der Waals surface area contributed by atoms with Crippen LogP contribution in [0.3, 0.4) is 0 Å². The largest absolute Gasteiger partial charge is 0.608 e. The second kappa shape index (κ2) is 4.38. The number of halogens is 1. The first-order chi connectivity index (χ1) is 8.65. The molecule has 0 spiro atoms. The molecular formula is C10H7BrN4O2S. The molecule has 0 N–H and O–H groups in total. The molecule has 0 saturated carbocycles. The molecule has 0 aliphatic heterocycles. The lowest BCUT2D eigenvalue weighted by atomic mass is 10.4. The highest BCUT2D eigenvalue weighted by molar-refractivity contribution is 9.10. The Kier molecular flexibility index (Phi) is 2.84. The van der Waals surface area contributed by atoms with E-state index in [4.69, 9.17) is 4.42 Å². The SMILES string of the molecule is C[S+]([O-])c1nnc(-c2cnc3ccc(Br)cn23)o1. The van der Waals surface area contributed by atoms with E-state index < -0.39 is 11.2 Å². The number of nitrogens with zero attached hydrogens (tertiary/aromatic N) is 4. The Hall–Kier alpha value is -1.38. The highest BCUT2D eigenvalue weighted by atomic mass is 79.9. The van der Waals surface area contributed by atoms with E-state index in [1.54, 1.807) is 6.20 Å². The Balaban J connectivity index is 2.15. The number of imidazole rings is 1. The summed E-state index contributed by atoms with van der Waals surface area (Å²) < 4.78 is 19.3. The Morgan fingerprint density at radius 3 is 2.94 bits per heavy atom. The summed E-state index contributed by atoms with van der Waals surface area (Å²) in [6, 6.07) is 3.76. The second-order valence-corrected chi connectivity index (χ2v) is 5.72. The fourth-order valence-electron chi connectivity index (χ4n) is 1.54. The van der Waals surface area contributed by atoms with Crippen LogP contribution >= 0.6 is 15.9 Å². The number of hydrogen-bond donors (Lipinski definition) is 0. The molecule has 0 aliphatic rings. The molecule has 8 heteroatoms. The van der Waals surface area contributed by atoms with Crippen LogP contribution in [0.1, 0.15) is 0 Å². The number of rotatable bonds is 2. The van der Waals surface area contributed by atoms with Crippen molar-refractivity contribution in [1.29, 1.82) is 0 Å². The standard InChI is InChI=1S/C10H7BrN4O2S/c1-18(16)10-14-13-9(17-10)7-4-12-8-3-2-6(11)5-15(7)8/h2-5H,1H3. The van der Waals surface area contributed by atoms with Crippen LogP contribution in [-0.4, -0.2) is 30.4 Å². The molecule has 0 saturated heterocycles. The zero-order chi connectivity index (χ0) is 12.7. The Labute approximate surface area is 113 Å². The molecule has 1 atom stereocenters. The van der Waals surface area contributed by atoms with Crippen LogP contribution in [0.2, 0.25) is 0 Å². The van der Waals surface area contributed by atoms with Gasteiger partial charge in [0, 0.05) is 21.8 Å². The summed E-state index contributed by atoms with van der Waals surface area (Å²) in [7, 11) is 0. The van der Waals surface area contributed by atoms with Gasteiger partial charge in [-0.2, -0.15) is 0 Å². The average Bonchev–Trinajstić information content (AvgIpc) is 2.93. The summed E-state index contributed by atoms with van der Waals surface area (Å²) in [6.07, 6.45) is 4.98. The van der Waals surface area contributed by atoms with Crippen LogP contribution in [0.15, 0.2) is 38.6 Å². The van der Waals surface area contributed by atoms with Crippen molar-refractivity contribution in [3.05, 3.63) is 29.0 Å². The van der Waals surface area contributed by atoms with Gasteiger partial charge < -0.3 is 8.97 Å². The van der Waals surface area contributed by atoms with Crippen molar-refractivity contribution >= 4 is 32.8 Å². The van der Waals surface area contributed by atoms with Crippen LogP contribution in [0.25, 0.3) is 17.2 Å². The van der Waals surface area contributed by atoms with Gasteiger partial charge in [-0.3, -0.25) is 4.40 Å². The third kappa shape index (κ3) is 1.92. The summed E-state index contributed by atoms with van der Waals surface area (Å²) >= 11 is 2.10. The lowest BCUT2D eigenvalue weighted by Crippen LogP contribution is -1.96. The Morgan fingerprint density at radius 1 is 1.39 bits per heavy atom. The van der Waals surface area contributed by atoms with Gasteiger partial charge in [0.25, 0.3) is 5.89 Å². The Bertz CT molecular complexity index is 709. The van der Waals surface area contributed by atoms with E-state index in [9.17, 15) is 4.55 Å². The van der Waals surface area contributed by atoms with Gasteiger partial charge in [-0.15, -0.1) is 5.10 Å². The third-order valence-electron chi connectivity index (χ3n) is 2.34. The minimum atomic E-state index is -1.29. The molecule has 6 nitrogen and oxygen atoms in total. The summed E-state index contributed by atoms with van der Waals surface area (Å²) in [6.45, 7) is 0. The highest BCUT2D eigenvalue weighted by Gasteiger charge is 2.18. The van der Waals surface area contributed by atoms with Crippen molar-refractivity contribution in [1.82, 2.24) is 19.6 Å². The third-order valence-corrected chi connectivity index (χ3v) is 3.47. The molecular weight excluding hydrogens is 320 g/mol. The minimum absolute atomic E-state index is 0.106. The quantitative estimate of drug-likeness (QED) is 0.672. The van der Waals surface area contributed by atoms with Gasteiger partial charge in [-0.1, -0.05) is 5.10 Å².